The Labute approximate surface area is 95.9 Å². The van der Waals surface area contributed by atoms with Gasteiger partial charge in [0.05, 0.1) is 5.60 Å². The van der Waals surface area contributed by atoms with Crippen LogP contribution in [0, 0.1) is 0 Å². The van der Waals surface area contributed by atoms with Crippen molar-refractivity contribution < 1.29 is 5.11 Å². The molecule has 2 heteroatoms. The normalized spacial score (nSPS) is 20.4. The molecule has 15 heavy (non-hydrogen) atoms. The molecular weight excluding hydrogens is 204 g/mol. The second-order valence-corrected chi connectivity index (χ2v) is 6.50. The van der Waals surface area contributed by atoms with Gasteiger partial charge in [-0.05, 0) is 37.5 Å². The lowest BCUT2D eigenvalue weighted by molar-refractivity contribution is 0.0807. The number of hydrogen-bond donors (Lipinski definition) is 1. The molecule has 0 spiro atoms. The summed E-state index contributed by atoms with van der Waals surface area (Å²) in [6, 6.07) is 6.44. The Morgan fingerprint density at radius 1 is 1.47 bits per heavy atom. The van der Waals surface area contributed by atoms with Gasteiger partial charge in [0.2, 0.25) is 0 Å². The summed E-state index contributed by atoms with van der Waals surface area (Å²) in [6.07, 6.45) is 1.90. The van der Waals surface area contributed by atoms with Crippen molar-refractivity contribution >= 4 is 11.8 Å². The van der Waals surface area contributed by atoms with E-state index in [2.05, 4.69) is 25.1 Å². The molecule has 0 fully saturated rings. The Balaban J connectivity index is 2.31. The van der Waals surface area contributed by atoms with E-state index in [1.165, 1.54) is 16.0 Å². The molecular formula is C13H18OS. The summed E-state index contributed by atoms with van der Waals surface area (Å²) in [4.78, 5) is 1.41. The highest BCUT2D eigenvalue weighted by Crippen LogP contribution is 2.39. The Morgan fingerprint density at radius 3 is 2.87 bits per heavy atom. The Bertz CT molecular complexity index is 365. The summed E-state index contributed by atoms with van der Waals surface area (Å²) in [7, 11) is 0. The minimum Gasteiger partial charge on any atom is -0.390 e. The van der Waals surface area contributed by atoms with Crippen LogP contribution in [0.4, 0.5) is 0 Å². The molecule has 0 aromatic heterocycles. The standard InChI is InChI=1S/C13H18OS/c1-9-7-11-10(8-13(2,3)14)5-4-6-12(11)15-9/h4-6,9,14H,7-8H2,1-3H3. The Kier molecular flexibility index (Phi) is 2.82. The van der Waals surface area contributed by atoms with Crippen molar-refractivity contribution in [2.24, 2.45) is 0 Å². The lowest BCUT2D eigenvalue weighted by Crippen LogP contribution is -2.22. The van der Waals surface area contributed by atoms with Gasteiger partial charge < -0.3 is 5.11 Å². The molecule has 1 aliphatic heterocycles. The van der Waals surface area contributed by atoms with Gasteiger partial charge in [0.25, 0.3) is 0 Å². The number of thioether (sulfide) groups is 1. The molecule has 2 rings (SSSR count). The van der Waals surface area contributed by atoms with Gasteiger partial charge >= 0.3 is 0 Å². The van der Waals surface area contributed by atoms with Gasteiger partial charge in [-0.2, -0.15) is 0 Å². The van der Waals surface area contributed by atoms with Gasteiger partial charge in [0.15, 0.2) is 0 Å². The van der Waals surface area contributed by atoms with E-state index in [4.69, 9.17) is 0 Å². The van der Waals surface area contributed by atoms with Crippen LogP contribution in [-0.2, 0) is 12.8 Å². The van der Waals surface area contributed by atoms with Gasteiger partial charge in [-0.15, -0.1) is 11.8 Å². The van der Waals surface area contributed by atoms with Gasteiger partial charge in [-0.1, -0.05) is 19.1 Å². The highest BCUT2D eigenvalue weighted by Gasteiger charge is 2.23. The van der Waals surface area contributed by atoms with Crippen LogP contribution in [0.2, 0.25) is 0 Å². The number of aliphatic hydroxyl groups is 1. The third-order valence-corrected chi connectivity index (χ3v) is 3.88. The molecule has 0 amide bonds. The summed E-state index contributed by atoms with van der Waals surface area (Å²) < 4.78 is 0. The van der Waals surface area contributed by atoms with E-state index in [9.17, 15) is 5.11 Å². The van der Waals surface area contributed by atoms with E-state index < -0.39 is 5.60 Å². The Hall–Kier alpha value is -0.470. The first kappa shape index (κ1) is 11.0. The fourth-order valence-corrected chi connectivity index (χ4v) is 3.33. The Morgan fingerprint density at radius 2 is 2.20 bits per heavy atom. The predicted molar refractivity (Wildman–Crippen MR) is 65.5 cm³/mol. The van der Waals surface area contributed by atoms with E-state index in [-0.39, 0.29) is 0 Å². The predicted octanol–water partition coefficient (Wildman–Crippen LogP) is 3.04. The molecule has 1 aromatic rings. The average molecular weight is 222 g/mol. The maximum absolute atomic E-state index is 9.86. The molecule has 82 valence electrons. The number of fused-ring (bicyclic) bond motifs is 1. The quantitative estimate of drug-likeness (QED) is 0.830. The summed E-state index contributed by atoms with van der Waals surface area (Å²) in [6.45, 7) is 6.01. The van der Waals surface area contributed by atoms with Crippen molar-refractivity contribution in [2.75, 3.05) is 0 Å². The minimum atomic E-state index is -0.606. The highest BCUT2D eigenvalue weighted by molar-refractivity contribution is 8.00. The van der Waals surface area contributed by atoms with E-state index in [0.717, 1.165) is 12.8 Å². The number of benzene rings is 1. The average Bonchev–Trinajstić information content (AvgIpc) is 2.43. The summed E-state index contributed by atoms with van der Waals surface area (Å²) in [5.74, 6) is 0. The van der Waals surface area contributed by atoms with Crippen LogP contribution < -0.4 is 0 Å². The van der Waals surface area contributed by atoms with Crippen LogP contribution in [0.15, 0.2) is 23.1 Å². The van der Waals surface area contributed by atoms with Crippen LogP contribution in [0.1, 0.15) is 31.9 Å². The third kappa shape index (κ3) is 2.56. The zero-order valence-corrected chi connectivity index (χ0v) is 10.4. The van der Waals surface area contributed by atoms with Crippen molar-refractivity contribution in [2.45, 2.75) is 49.4 Å². The molecule has 0 bridgehead atoms. The molecule has 1 heterocycles. The maximum Gasteiger partial charge on any atom is 0.0632 e. The molecule has 0 radical (unpaired) electrons. The molecule has 1 nitrogen and oxygen atoms in total. The van der Waals surface area contributed by atoms with Gasteiger partial charge in [-0.3, -0.25) is 0 Å². The largest absolute Gasteiger partial charge is 0.390 e. The lowest BCUT2D eigenvalue weighted by atomic mass is 9.93. The molecule has 1 N–H and O–H groups in total. The fourth-order valence-electron chi connectivity index (χ4n) is 2.13. The first-order chi connectivity index (χ1) is 6.96. The van der Waals surface area contributed by atoms with Crippen LogP contribution >= 0.6 is 11.8 Å². The molecule has 1 aliphatic rings. The van der Waals surface area contributed by atoms with Crippen LogP contribution in [0.3, 0.4) is 0 Å². The number of rotatable bonds is 2. The summed E-state index contributed by atoms with van der Waals surface area (Å²) >= 11 is 1.95. The minimum absolute atomic E-state index is 0.606. The zero-order valence-electron chi connectivity index (χ0n) is 9.58. The van der Waals surface area contributed by atoms with Crippen LogP contribution in [0.25, 0.3) is 0 Å². The van der Waals surface area contributed by atoms with Crippen molar-refractivity contribution in [3.05, 3.63) is 29.3 Å². The second-order valence-electron chi connectivity index (χ2n) is 5.02. The van der Waals surface area contributed by atoms with Gasteiger partial charge in [-0.25, -0.2) is 0 Å². The first-order valence-electron chi connectivity index (χ1n) is 5.45. The zero-order chi connectivity index (χ0) is 11.1. The summed E-state index contributed by atoms with van der Waals surface area (Å²) in [5.41, 5.74) is 2.17. The summed E-state index contributed by atoms with van der Waals surface area (Å²) in [5, 5.41) is 10.5. The SMILES string of the molecule is CC1Cc2c(CC(C)(C)O)cccc2S1. The van der Waals surface area contributed by atoms with Gasteiger partial charge in [0, 0.05) is 16.6 Å². The molecule has 0 saturated carbocycles. The smallest absolute Gasteiger partial charge is 0.0632 e. The molecule has 1 atom stereocenters. The fraction of sp³-hybridized carbons (Fsp3) is 0.538. The first-order valence-corrected chi connectivity index (χ1v) is 6.33. The number of hydrogen-bond acceptors (Lipinski definition) is 2. The van der Waals surface area contributed by atoms with Crippen molar-refractivity contribution in [3.63, 3.8) is 0 Å². The van der Waals surface area contributed by atoms with E-state index in [0.29, 0.717) is 5.25 Å². The molecule has 1 unspecified atom stereocenters. The van der Waals surface area contributed by atoms with E-state index in [1.807, 2.05) is 25.6 Å². The maximum atomic E-state index is 9.86. The molecule has 0 aliphatic carbocycles. The van der Waals surface area contributed by atoms with Crippen molar-refractivity contribution in [1.29, 1.82) is 0 Å². The van der Waals surface area contributed by atoms with Crippen molar-refractivity contribution in [3.8, 4) is 0 Å². The van der Waals surface area contributed by atoms with Crippen LogP contribution in [0.5, 0.6) is 0 Å². The monoisotopic (exact) mass is 222 g/mol. The lowest BCUT2D eigenvalue weighted by Gasteiger charge is -2.19. The molecule has 1 aromatic carbocycles. The highest BCUT2D eigenvalue weighted by atomic mass is 32.2. The third-order valence-electron chi connectivity index (χ3n) is 2.67. The van der Waals surface area contributed by atoms with E-state index >= 15 is 0 Å². The second kappa shape index (κ2) is 3.84. The van der Waals surface area contributed by atoms with Gasteiger partial charge in [0.1, 0.15) is 0 Å². The van der Waals surface area contributed by atoms with Crippen LogP contribution in [-0.4, -0.2) is 16.0 Å². The topological polar surface area (TPSA) is 20.2 Å². The van der Waals surface area contributed by atoms with Crippen molar-refractivity contribution in [1.82, 2.24) is 0 Å². The van der Waals surface area contributed by atoms with E-state index in [1.54, 1.807) is 0 Å². The molecule has 0 saturated heterocycles.